The Morgan fingerprint density at radius 3 is 2.47 bits per heavy atom. The SMILES string of the molecule is O=C(NN1C2=C(SC1c1ccc(Cl)cc1)C(c1ccccc1)NN2)c1ccncc1. The molecule has 150 valence electrons. The Bertz CT molecular complexity index is 1090. The molecule has 2 aliphatic rings. The van der Waals surface area contributed by atoms with Gasteiger partial charge in [0.25, 0.3) is 5.91 Å². The van der Waals surface area contributed by atoms with Crippen LogP contribution in [-0.2, 0) is 0 Å². The molecule has 0 saturated heterocycles. The van der Waals surface area contributed by atoms with Crippen molar-refractivity contribution in [2.45, 2.75) is 11.4 Å². The van der Waals surface area contributed by atoms with Gasteiger partial charge in [0.05, 0.1) is 10.9 Å². The van der Waals surface area contributed by atoms with Crippen LogP contribution in [0, 0.1) is 0 Å². The maximum Gasteiger partial charge on any atom is 0.269 e. The topological polar surface area (TPSA) is 69.3 Å². The Labute approximate surface area is 183 Å². The van der Waals surface area contributed by atoms with Crippen LogP contribution in [-0.4, -0.2) is 15.9 Å². The molecule has 2 aliphatic heterocycles. The number of benzene rings is 2. The van der Waals surface area contributed by atoms with Gasteiger partial charge < -0.3 is 5.43 Å². The molecule has 0 fully saturated rings. The largest absolute Gasteiger partial charge is 0.304 e. The number of nitrogens with one attached hydrogen (secondary N) is 3. The van der Waals surface area contributed by atoms with E-state index >= 15 is 0 Å². The van der Waals surface area contributed by atoms with Crippen molar-refractivity contribution in [1.29, 1.82) is 0 Å². The third-order valence-corrected chi connectivity index (χ3v) is 6.64. The molecule has 0 radical (unpaired) electrons. The fourth-order valence-electron chi connectivity index (χ4n) is 3.51. The molecule has 2 aromatic carbocycles. The Balaban J connectivity index is 1.49. The minimum atomic E-state index is -0.198. The summed E-state index contributed by atoms with van der Waals surface area (Å²) in [5, 5.41) is 2.43. The maximum atomic E-state index is 12.9. The highest BCUT2D eigenvalue weighted by molar-refractivity contribution is 8.03. The lowest BCUT2D eigenvalue weighted by Crippen LogP contribution is -2.46. The summed E-state index contributed by atoms with van der Waals surface area (Å²) >= 11 is 7.79. The molecule has 1 aromatic heterocycles. The molecule has 2 atom stereocenters. The monoisotopic (exact) mass is 435 g/mol. The van der Waals surface area contributed by atoms with Gasteiger partial charge in [-0.1, -0.05) is 65.8 Å². The Morgan fingerprint density at radius 2 is 1.73 bits per heavy atom. The van der Waals surface area contributed by atoms with Gasteiger partial charge in [0.2, 0.25) is 0 Å². The normalized spacial score (nSPS) is 20.1. The first-order valence-electron chi connectivity index (χ1n) is 9.44. The zero-order valence-corrected chi connectivity index (χ0v) is 17.3. The first-order valence-corrected chi connectivity index (χ1v) is 10.7. The van der Waals surface area contributed by atoms with Crippen molar-refractivity contribution in [3.63, 3.8) is 0 Å². The first-order chi connectivity index (χ1) is 14.7. The first kappa shape index (κ1) is 19.0. The van der Waals surface area contributed by atoms with E-state index in [1.54, 1.807) is 36.3 Å². The molecule has 0 bridgehead atoms. The van der Waals surface area contributed by atoms with E-state index in [4.69, 9.17) is 11.6 Å². The van der Waals surface area contributed by atoms with Gasteiger partial charge in [-0.3, -0.25) is 15.2 Å². The van der Waals surface area contributed by atoms with Crippen LogP contribution in [0.15, 0.2) is 89.8 Å². The molecule has 0 spiro atoms. The van der Waals surface area contributed by atoms with Crippen molar-refractivity contribution in [2.75, 3.05) is 0 Å². The van der Waals surface area contributed by atoms with Crippen LogP contribution in [0.4, 0.5) is 0 Å². The summed E-state index contributed by atoms with van der Waals surface area (Å²) in [6.45, 7) is 0. The number of nitrogens with zero attached hydrogens (tertiary/aromatic N) is 2. The van der Waals surface area contributed by atoms with Crippen LogP contribution in [0.3, 0.4) is 0 Å². The van der Waals surface area contributed by atoms with Crippen LogP contribution in [0.25, 0.3) is 0 Å². The van der Waals surface area contributed by atoms with E-state index in [1.807, 2.05) is 47.5 Å². The van der Waals surface area contributed by atoms with Crippen LogP contribution < -0.4 is 16.3 Å². The lowest BCUT2D eigenvalue weighted by Gasteiger charge is -2.30. The molecule has 3 aromatic rings. The molecule has 2 unspecified atom stereocenters. The number of pyridine rings is 1. The molecule has 8 heteroatoms. The van der Waals surface area contributed by atoms with Crippen molar-refractivity contribution in [1.82, 2.24) is 26.3 Å². The van der Waals surface area contributed by atoms with Crippen molar-refractivity contribution in [3.05, 3.63) is 112 Å². The second kappa shape index (κ2) is 8.02. The number of rotatable bonds is 4. The molecule has 0 aliphatic carbocycles. The molecular formula is C22H18ClN5OS. The molecule has 1 amide bonds. The summed E-state index contributed by atoms with van der Waals surface area (Å²) in [6.07, 6.45) is 3.21. The minimum absolute atomic E-state index is 0.00354. The Kier molecular flexibility index (Phi) is 5.08. The van der Waals surface area contributed by atoms with E-state index in [2.05, 4.69) is 33.4 Å². The van der Waals surface area contributed by atoms with E-state index in [1.165, 1.54) is 0 Å². The van der Waals surface area contributed by atoms with Gasteiger partial charge >= 0.3 is 0 Å². The van der Waals surface area contributed by atoms with Gasteiger partial charge in [0.15, 0.2) is 0 Å². The van der Waals surface area contributed by atoms with E-state index in [0.717, 1.165) is 21.9 Å². The highest BCUT2D eigenvalue weighted by Gasteiger charge is 2.42. The Hall–Kier alpha value is -3.00. The van der Waals surface area contributed by atoms with Gasteiger partial charge in [0.1, 0.15) is 11.2 Å². The van der Waals surface area contributed by atoms with Crippen LogP contribution >= 0.6 is 23.4 Å². The summed E-state index contributed by atoms with van der Waals surface area (Å²) in [4.78, 5) is 18.0. The average molecular weight is 436 g/mol. The van der Waals surface area contributed by atoms with Gasteiger partial charge in [-0.25, -0.2) is 10.4 Å². The standard InChI is InChI=1S/C22H18ClN5OS/c23-17-8-6-16(7-9-17)22-28(27-21(29)15-10-12-24-13-11-15)20-19(30-22)18(25-26-20)14-4-2-1-3-5-14/h1-13,18,22,25-26H,(H,27,29). The van der Waals surface area contributed by atoms with Crippen molar-refractivity contribution < 1.29 is 4.79 Å². The number of amides is 1. The maximum absolute atomic E-state index is 12.9. The average Bonchev–Trinajstić information content (AvgIpc) is 3.36. The smallest absolute Gasteiger partial charge is 0.269 e. The number of halogens is 1. The molecule has 0 saturated carbocycles. The minimum Gasteiger partial charge on any atom is -0.304 e. The van der Waals surface area contributed by atoms with E-state index < -0.39 is 0 Å². The number of carbonyl (C=O) groups is 1. The number of hydrogen-bond acceptors (Lipinski definition) is 6. The highest BCUT2D eigenvalue weighted by atomic mass is 35.5. The summed E-state index contributed by atoms with van der Waals surface area (Å²) < 4.78 is 0. The summed E-state index contributed by atoms with van der Waals surface area (Å²) in [5.74, 6) is 0.645. The zero-order valence-electron chi connectivity index (χ0n) is 15.7. The van der Waals surface area contributed by atoms with Crippen LogP contribution in [0.2, 0.25) is 5.02 Å². The number of hydrogen-bond donors (Lipinski definition) is 3. The van der Waals surface area contributed by atoms with Crippen molar-refractivity contribution >= 4 is 29.3 Å². The van der Waals surface area contributed by atoms with Crippen LogP contribution in [0.5, 0.6) is 0 Å². The Morgan fingerprint density at radius 1 is 1.00 bits per heavy atom. The molecule has 5 rings (SSSR count). The van der Waals surface area contributed by atoms with E-state index in [0.29, 0.717) is 10.6 Å². The summed E-state index contributed by atoms with van der Waals surface area (Å²) in [6, 6.07) is 21.3. The van der Waals surface area contributed by atoms with E-state index in [-0.39, 0.29) is 17.3 Å². The van der Waals surface area contributed by atoms with Crippen LogP contribution in [0.1, 0.15) is 32.9 Å². The number of hydrazine groups is 2. The molecule has 3 heterocycles. The lowest BCUT2D eigenvalue weighted by molar-refractivity contribution is 0.0817. The predicted octanol–water partition coefficient (Wildman–Crippen LogP) is 4.15. The van der Waals surface area contributed by atoms with Gasteiger partial charge in [-0.15, -0.1) is 0 Å². The van der Waals surface area contributed by atoms with Crippen molar-refractivity contribution in [2.24, 2.45) is 0 Å². The predicted molar refractivity (Wildman–Crippen MR) is 118 cm³/mol. The molecule has 6 nitrogen and oxygen atoms in total. The molecule has 3 N–H and O–H groups in total. The third-order valence-electron chi connectivity index (χ3n) is 5.00. The second-order valence-corrected chi connectivity index (χ2v) is 8.45. The lowest BCUT2D eigenvalue weighted by atomic mass is 10.1. The van der Waals surface area contributed by atoms with Gasteiger partial charge in [0, 0.05) is 23.0 Å². The van der Waals surface area contributed by atoms with Gasteiger partial charge in [-0.2, -0.15) is 0 Å². The highest BCUT2D eigenvalue weighted by Crippen LogP contribution is 2.52. The number of thioether (sulfide) groups is 1. The van der Waals surface area contributed by atoms with Gasteiger partial charge in [-0.05, 0) is 35.4 Å². The zero-order chi connectivity index (χ0) is 20.5. The number of carbonyl (C=O) groups excluding carboxylic acids is 1. The second-order valence-electron chi connectivity index (χ2n) is 6.89. The third kappa shape index (κ3) is 3.52. The van der Waals surface area contributed by atoms with E-state index in [9.17, 15) is 4.79 Å². The number of aromatic nitrogens is 1. The van der Waals surface area contributed by atoms with Crippen molar-refractivity contribution in [3.8, 4) is 0 Å². The molecular weight excluding hydrogens is 418 g/mol. The fraction of sp³-hybridized carbons (Fsp3) is 0.0909. The fourth-order valence-corrected chi connectivity index (χ4v) is 5.03. The summed E-state index contributed by atoms with van der Waals surface area (Å²) in [5.41, 5.74) is 12.4. The summed E-state index contributed by atoms with van der Waals surface area (Å²) in [7, 11) is 0. The quantitative estimate of drug-likeness (QED) is 0.572. The molecule has 30 heavy (non-hydrogen) atoms.